The summed E-state index contributed by atoms with van der Waals surface area (Å²) in [5.41, 5.74) is 2.11. The van der Waals surface area contributed by atoms with E-state index in [1.807, 2.05) is 19.1 Å². The minimum Gasteiger partial charge on any atom is -0.478 e. The third-order valence-corrected chi connectivity index (χ3v) is 1.91. The molecule has 0 spiro atoms. The zero-order valence-corrected chi connectivity index (χ0v) is 7.95. The highest BCUT2D eigenvalue weighted by Crippen LogP contribution is 2.11. The Kier molecular flexibility index (Phi) is 3.24. The van der Waals surface area contributed by atoms with Crippen LogP contribution < -0.4 is 0 Å². The fourth-order valence-electron chi connectivity index (χ4n) is 1.33. The number of hydrogen-bond acceptors (Lipinski definition) is 2. The van der Waals surface area contributed by atoms with Crippen LogP contribution in [0.2, 0.25) is 0 Å². The number of carboxylic acid groups (broad SMARTS) is 1. The first-order chi connectivity index (χ1) is 6.63. The van der Waals surface area contributed by atoms with Crippen LogP contribution in [0.4, 0.5) is 0 Å². The Hall–Kier alpha value is -1.82. The van der Waals surface area contributed by atoms with Crippen molar-refractivity contribution < 1.29 is 9.90 Å². The molecule has 0 aliphatic heterocycles. The molecule has 0 bridgehead atoms. The maximum atomic E-state index is 10.7. The molecule has 0 amide bonds. The molecule has 0 aliphatic carbocycles. The quantitative estimate of drug-likeness (QED) is 0.792. The Bertz CT molecular complexity index is 391. The lowest BCUT2D eigenvalue weighted by atomic mass is 10.0. The van der Waals surface area contributed by atoms with Crippen LogP contribution >= 0.6 is 0 Å². The summed E-state index contributed by atoms with van der Waals surface area (Å²) in [7, 11) is 0. The molecule has 0 radical (unpaired) electrons. The molecule has 1 aromatic rings. The van der Waals surface area contributed by atoms with Gasteiger partial charge in [0.05, 0.1) is 11.6 Å². The van der Waals surface area contributed by atoms with E-state index in [0.717, 1.165) is 11.1 Å². The lowest BCUT2D eigenvalue weighted by molar-refractivity contribution is 0.0696. The van der Waals surface area contributed by atoms with Crippen LogP contribution in [0.1, 0.15) is 27.9 Å². The van der Waals surface area contributed by atoms with E-state index in [2.05, 4.69) is 0 Å². The van der Waals surface area contributed by atoms with Gasteiger partial charge < -0.3 is 5.11 Å². The molecule has 0 atom stereocenters. The Morgan fingerprint density at radius 1 is 1.50 bits per heavy atom. The normalized spacial score (nSPS) is 9.43. The van der Waals surface area contributed by atoms with Gasteiger partial charge in [0, 0.05) is 6.42 Å². The minimum absolute atomic E-state index is 0.290. The Morgan fingerprint density at radius 2 is 2.21 bits per heavy atom. The lowest BCUT2D eigenvalue weighted by Crippen LogP contribution is -1.98. The molecule has 0 aliphatic rings. The highest BCUT2D eigenvalue weighted by atomic mass is 16.4. The van der Waals surface area contributed by atoms with E-state index < -0.39 is 5.97 Å². The first kappa shape index (κ1) is 10.3. The Morgan fingerprint density at radius 3 is 2.79 bits per heavy atom. The molecule has 0 unspecified atom stereocenters. The molecule has 0 saturated heterocycles. The summed E-state index contributed by atoms with van der Waals surface area (Å²) < 4.78 is 0. The number of nitrogens with zero attached hydrogens (tertiary/aromatic N) is 1. The van der Waals surface area contributed by atoms with Gasteiger partial charge in [-0.2, -0.15) is 5.26 Å². The standard InChI is InChI=1S/C11H11NO2/c1-8-5-9(3-2-4-12)7-10(6-8)11(13)14/h5-7H,2-3H2,1H3,(H,13,14). The van der Waals surface area contributed by atoms with E-state index in [9.17, 15) is 4.79 Å². The maximum Gasteiger partial charge on any atom is 0.335 e. The molecule has 72 valence electrons. The minimum atomic E-state index is -0.924. The fraction of sp³-hybridized carbons (Fsp3) is 0.273. The second-order valence-corrected chi connectivity index (χ2v) is 3.17. The third kappa shape index (κ3) is 2.60. The van der Waals surface area contributed by atoms with Crippen molar-refractivity contribution in [2.24, 2.45) is 0 Å². The molecule has 0 saturated carbocycles. The summed E-state index contributed by atoms with van der Waals surface area (Å²) in [6.45, 7) is 1.85. The summed E-state index contributed by atoms with van der Waals surface area (Å²) in [5.74, 6) is -0.924. The van der Waals surface area contributed by atoms with Crippen molar-refractivity contribution in [3.63, 3.8) is 0 Å². The summed E-state index contributed by atoms with van der Waals surface area (Å²) in [4.78, 5) is 10.7. The highest BCUT2D eigenvalue weighted by Gasteiger charge is 2.04. The first-order valence-corrected chi connectivity index (χ1v) is 4.34. The summed E-state index contributed by atoms with van der Waals surface area (Å²) in [6.07, 6.45) is 1.03. The van der Waals surface area contributed by atoms with Crippen LogP contribution in [0.5, 0.6) is 0 Å². The van der Waals surface area contributed by atoms with E-state index in [0.29, 0.717) is 12.8 Å². The van der Waals surface area contributed by atoms with Crippen molar-refractivity contribution in [2.45, 2.75) is 19.8 Å². The van der Waals surface area contributed by atoms with Gasteiger partial charge in [0.25, 0.3) is 0 Å². The summed E-state index contributed by atoms with van der Waals surface area (Å²) in [5, 5.41) is 17.2. The predicted molar refractivity (Wildman–Crippen MR) is 52.1 cm³/mol. The van der Waals surface area contributed by atoms with Crippen LogP contribution in [0, 0.1) is 18.3 Å². The SMILES string of the molecule is Cc1cc(CCC#N)cc(C(=O)O)c1. The number of carboxylic acids is 1. The van der Waals surface area contributed by atoms with Crippen molar-refractivity contribution in [3.8, 4) is 6.07 Å². The predicted octanol–water partition coefficient (Wildman–Crippen LogP) is 2.15. The molecule has 1 N–H and O–H groups in total. The van der Waals surface area contributed by atoms with Crippen molar-refractivity contribution in [2.75, 3.05) is 0 Å². The zero-order valence-electron chi connectivity index (χ0n) is 7.95. The Balaban J connectivity index is 2.96. The number of nitriles is 1. The van der Waals surface area contributed by atoms with E-state index in [4.69, 9.17) is 10.4 Å². The van der Waals surface area contributed by atoms with Gasteiger partial charge in [-0.3, -0.25) is 0 Å². The van der Waals surface area contributed by atoms with Crippen LogP contribution in [0.25, 0.3) is 0 Å². The van der Waals surface area contributed by atoms with Gasteiger partial charge in [0.1, 0.15) is 0 Å². The van der Waals surface area contributed by atoms with Crippen LogP contribution in [0.15, 0.2) is 18.2 Å². The number of rotatable bonds is 3. The van der Waals surface area contributed by atoms with Crippen molar-refractivity contribution in [3.05, 3.63) is 34.9 Å². The maximum absolute atomic E-state index is 10.7. The molecule has 14 heavy (non-hydrogen) atoms. The summed E-state index contributed by atoms with van der Waals surface area (Å²) >= 11 is 0. The lowest BCUT2D eigenvalue weighted by Gasteiger charge is -2.02. The van der Waals surface area contributed by atoms with Gasteiger partial charge >= 0.3 is 5.97 Å². The first-order valence-electron chi connectivity index (χ1n) is 4.34. The molecule has 0 heterocycles. The second kappa shape index (κ2) is 4.43. The molecule has 0 fully saturated rings. The zero-order chi connectivity index (χ0) is 10.6. The average molecular weight is 189 g/mol. The van der Waals surface area contributed by atoms with Crippen LogP contribution in [-0.2, 0) is 6.42 Å². The molecule has 0 aromatic heterocycles. The number of aryl methyl sites for hydroxylation is 2. The topological polar surface area (TPSA) is 61.1 Å². The van der Waals surface area contributed by atoms with Gasteiger partial charge in [0.15, 0.2) is 0 Å². The number of hydrogen-bond donors (Lipinski definition) is 1. The van der Waals surface area contributed by atoms with Gasteiger partial charge in [-0.05, 0) is 36.6 Å². The third-order valence-electron chi connectivity index (χ3n) is 1.91. The summed E-state index contributed by atoms with van der Waals surface area (Å²) in [6, 6.07) is 7.18. The molecule has 1 aromatic carbocycles. The van der Waals surface area contributed by atoms with Crippen molar-refractivity contribution >= 4 is 5.97 Å². The van der Waals surface area contributed by atoms with Crippen molar-refractivity contribution in [1.29, 1.82) is 5.26 Å². The van der Waals surface area contributed by atoms with E-state index in [1.54, 1.807) is 12.1 Å². The number of carbonyl (C=O) groups is 1. The van der Waals surface area contributed by atoms with Crippen molar-refractivity contribution in [1.82, 2.24) is 0 Å². The average Bonchev–Trinajstić information content (AvgIpc) is 2.14. The number of aromatic carboxylic acids is 1. The molecule has 3 heteroatoms. The van der Waals surface area contributed by atoms with E-state index in [-0.39, 0.29) is 5.56 Å². The van der Waals surface area contributed by atoms with Gasteiger partial charge in [0.2, 0.25) is 0 Å². The number of benzene rings is 1. The highest BCUT2D eigenvalue weighted by molar-refractivity contribution is 5.88. The Labute approximate surface area is 82.6 Å². The van der Waals surface area contributed by atoms with Gasteiger partial charge in [-0.15, -0.1) is 0 Å². The van der Waals surface area contributed by atoms with Gasteiger partial charge in [-0.25, -0.2) is 4.79 Å². The van der Waals surface area contributed by atoms with Crippen LogP contribution in [-0.4, -0.2) is 11.1 Å². The molecular formula is C11H11NO2. The van der Waals surface area contributed by atoms with E-state index >= 15 is 0 Å². The van der Waals surface area contributed by atoms with Gasteiger partial charge in [-0.1, -0.05) is 6.07 Å². The second-order valence-electron chi connectivity index (χ2n) is 3.17. The van der Waals surface area contributed by atoms with Crippen LogP contribution in [0.3, 0.4) is 0 Å². The fourth-order valence-corrected chi connectivity index (χ4v) is 1.33. The smallest absolute Gasteiger partial charge is 0.335 e. The van der Waals surface area contributed by atoms with E-state index in [1.165, 1.54) is 0 Å². The molecular weight excluding hydrogens is 178 g/mol. The largest absolute Gasteiger partial charge is 0.478 e. The molecule has 1 rings (SSSR count). The monoisotopic (exact) mass is 189 g/mol. The molecule has 3 nitrogen and oxygen atoms in total.